The Morgan fingerprint density at radius 2 is 2.16 bits per heavy atom. The topological polar surface area (TPSA) is 64.7 Å². The molecule has 0 aromatic rings. The molecule has 1 heterocycles. The number of hydrogen-bond donors (Lipinski definition) is 2. The lowest BCUT2D eigenvalue weighted by molar-refractivity contribution is 0.308. The van der Waals surface area contributed by atoms with Crippen molar-refractivity contribution in [2.24, 2.45) is 0 Å². The monoisotopic (exact) mass is 292 g/mol. The second-order valence-corrected chi connectivity index (χ2v) is 7.02. The second-order valence-electron chi connectivity index (χ2n) is 5.16. The van der Waals surface area contributed by atoms with Crippen LogP contribution in [-0.2, 0) is 10.2 Å². The van der Waals surface area contributed by atoms with Crippen LogP contribution in [0.5, 0.6) is 0 Å². The molecule has 0 aromatic heterocycles. The third-order valence-electron chi connectivity index (χ3n) is 3.66. The Hall–Kier alpha value is -0.210. The fourth-order valence-corrected chi connectivity index (χ4v) is 3.27. The van der Waals surface area contributed by atoms with E-state index in [0.717, 1.165) is 38.9 Å². The van der Waals surface area contributed by atoms with Crippen molar-refractivity contribution in [3.63, 3.8) is 0 Å². The van der Waals surface area contributed by atoms with Crippen molar-refractivity contribution in [1.82, 2.24) is 19.2 Å². The molecule has 1 fully saturated rings. The SMILES string of the molecule is CCNCCCN(C)S(=O)(=O)NCC1CCCN1C. The molecule has 0 amide bonds. The van der Waals surface area contributed by atoms with Gasteiger partial charge in [0.25, 0.3) is 10.2 Å². The van der Waals surface area contributed by atoms with Gasteiger partial charge in [0.15, 0.2) is 0 Å². The summed E-state index contributed by atoms with van der Waals surface area (Å²) in [7, 11) is 0.350. The van der Waals surface area contributed by atoms with Gasteiger partial charge in [0.1, 0.15) is 0 Å². The predicted molar refractivity (Wildman–Crippen MR) is 78.4 cm³/mol. The molecule has 1 saturated heterocycles. The van der Waals surface area contributed by atoms with Gasteiger partial charge in [-0.15, -0.1) is 0 Å². The molecule has 0 bridgehead atoms. The summed E-state index contributed by atoms with van der Waals surface area (Å²) in [4.78, 5) is 2.22. The highest BCUT2D eigenvalue weighted by Crippen LogP contribution is 2.13. The van der Waals surface area contributed by atoms with E-state index in [1.165, 1.54) is 4.31 Å². The van der Waals surface area contributed by atoms with Gasteiger partial charge in [-0.1, -0.05) is 6.92 Å². The van der Waals surface area contributed by atoms with Gasteiger partial charge >= 0.3 is 0 Å². The van der Waals surface area contributed by atoms with Crippen molar-refractivity contribution in [1.29, 1.82) is 0 Å². The number of likely N-dealkylation sites (N-methyl/N-ethyl adjacent to an activating group) is 1. The maximum Gasteiger partial charge on any atom is 0.279 e. The number of rotatable bonds is 9. The van der Waals surface area contributed by atoms with Crippen LogP contribution in [0.4, 0.5) is 0 Å². The molecule has 0 saturated carbocycles. The average molecular weight is 292 g/mol. The van der Waals surface area contributed by atoms with E-state index in [-0.39, 0.29) is 0 Å². The molecule has 1 rings (SSSR count). The van der Waals surface area contributed by atoms with Crippen molar-refractivity contribution >= 4 is 10.2 Å². The molecule has 1 aliphatic heterocycles. The van der Waals surface area contributed by atoms with Gasteiger partial charge in [0.05, 0.1) is 0 Å². The van der Waals surface area contributed by atoms with Crippen molar-refractivity contribution in [3.8, 4) is 0 Å². The van der Waals surface area contributed by atoms with E-state index < -0.39 is 10.2 Å². The van der Waals surface area contributed by atoms with Crippen LogP contribution in [0.3, 0.4) is 0 Å². The molecule has 1 atom stereocenters. The van der Waals surface area contributed by atoms with Gasteiger partial charge in [0.2, 0.25) is 0 Å². The van der Waals surface area contributed by atoms with Crippen LogP contribution in [0.2, 0.25) is 0 Å². The normalized spacial score (nSPS) is 21.4. The van der Waals surface area contributed by atoms with E-state index in [1.807, 2.05) is 14.0 Å². The molecular formula is C12H28N4O2S. The summed E-state index contributed by atoms with van der Waals surface area (Å²) in [6.45, 7) is 5.93. The lowest BCUT2D eigenvalue weighted by Crippen LogP contribution is -2.44. The van der Waals surface area contributed by atoms with Gasteiger partial charge in [-0.2, -0.15) is 12.7 Å². The first-order valence-corrected chi connectivity index (χ1v) is 8.53. The summed E-state index contributed by atoms with van der Waals surface area (Å²) in [5.74, 6) is 0. The van der Waals surface area contributed by atoms with E-state index in [9.17, 15) is 8.42 Å². The van der Waals surface area contributed by atoms with Crippen molar-refractivity contribution in [2.45, 2.75) is 32.2 Å². The molecule has 1 aliphatic rings. The van der Waals surface area contributed by atoms with Crippen LogP contribution in [0, 0.1) is 0 Å². The fourth-order valence-electron chi connectivity index (χ4n) is 2.27. The van der Waals surface area contributed by atoms with E-state index in [2.05, 4.69) is 14.9 Å². The zero-order valence-corrected chi connectivity index (χ0v) is 13.2. The first kappa shape index (κ1) is 16.8. The molecular weight excluding hydrogens is 264 g/mol. The Morgan fingerprint density at radius 3 is 2.74 bits per heavy atom. The third kappa shape index (κ3) is 5.74. The Labute approximate surface area is 117 Å². The van der Waals surface area contributed by atoms with Gasteiger partial charge in [0, 0.05) is 26.2 Å². The standard InChI is InChI=1S/C12H28N4O2S/c1-4-13-8-6-10-16(3)19(17,18)14-11-12-7-5-9-15(12)2/h12-14H,4-11H2,1-3H3. The van der Waals surface area contributed by atoms with Crippen molar-refractivity contribution in [2.75, 3.05) is 46.8 Å². The maximum atomic E-state index is 12.0. The Bertz CT molecular complexity index is 348. The maximum absolute atomic E-state index is 12.0. The highest BCUT2D eigenvalue weighted by atomic mass is 32.2. The number of nitrogens with one attached hydrogen (secondary N) is 2. The summed E-state index contributed by atoms with van der Waals surface area (Å²) in [5.41, 5.74) is 0. The first-order chi connectivity index (χ1) is 8.97. The Kier molecular flexibility index (Phi) is 7.23. The molecule has 114 valence electrons. The zero-order valence-electron chi connectivity index (χ0n) is 12.4. The van der Waals surface area contributed by atoms with Gasteiger partial charge in [-0.05, 0) is 45.9 Å². The molecule has 2 N–H and O–H groups in total. The fraction of sp³-hybridized carbons (Fsp3) is 1.00. The number of nitrogens with zero attached hydrogens (tertiary/aromatic N) is 2. The van der Waals surface area contributed by atoms with E-state index in [0.29, 0.717) is 19.1 Å². The molecule has 0 spiro atoms. The smallest absolute Gasteiger partial charge is 0.279 e. The van der Waals surface area contributed by atoms with Gasteiger partial charge < -0.3 is 10.2 Å². The highest BCUT2D eigenvalue weighted by molar-refractivity contribution is 7.87. The third-order valence-corrected chi connectivity index (χ3v) is 5.19. The summed E-state index contributed by atoms with van der Waals surface area (Å²) in [6, 6.07) is 0.338. The molecule has 19 heavy (non-hydrogen) atoms. The van der Waals surface area contributed by atoms with Crippen molar-refractivity contribution < 1.29 is 8.42 Å². The van der Waals surface area contributed by atoms with Gasteiger partial charge in [-0.3, -0.25) is 0 Å². The van der Waals surface area contributed by atoms with E-state index >= 15 is 0 Å². The summed E-state index contributed by atoms with van der Waals surface area (Å²) < 4.78 is 28.2. The molecule has 7 heteroatoms. The minimum atomic E-state index is -3.33. The summed E-state index contributed by atoms with van der Waals surface area (Å²) in [5, 5.41) is 3.19. The van der Waals surface area contributed by atoms with Crippen LogP contribution < -0.4 is 10.0 Å². The summed E-state index contributed by atoms with van der Waals surface area (Å²) in [6.07, 6.45) is 3.05. The molecule has 0 aromatic carbocycles. The predicted octanol–water partition coefficient (Wildman–Crippen LogP) is -0.154. The van der Waals surface area contributed by atoms with E-state index in [4.69, 9.17) is 0 Å². The Balaban J connectivity index is 2.29. The summed E-state index contributed by atoms with van der Waals surface area (Å²) >= 11 is 0. The van der Waals surface area contributed by atoms with Crippen LogP contribution in [0.1, 0.15) is 26.2 Å². The van der Waals surface area contributed by atoms with Crippen LogP contribution in [-0.4, -0.2) is 70.5 Å². The zero-order chi connectivity index (χ0) is 14.3. The van der Waals surface area contributed by atoms with E-state index in [1.54, 1.807) is 7.05 Å². The molecule has 1 unspecified atom stereocenters. The number of hydrogen-bond acceptors (Lipinski definition) is 4. The average Bonchev–Trinajstić information content (AvgIpc) is 2.77. The lowest BCUT2D eigenvalue weighted by atomic mass is 10.2. The van der Waals surface area contributed by atoms with Gasteiger partial charge in [-0.25, -0.2) is 4.72 Å². The second kappa shape index (κ2) is 8.16. The largest absolute Gasteiger partial charge is 0.317 e. The number of likely N-dealkylation sites (tertiary alicyclic amines) is 1. The quantitative estimate of drug-likeness (QED) is 0.580. The molecule has 6 nitrogen and oxygen atoms in total. The minimum Gasteiger partial charge on any atom is -0.317 e. The highest BCUT2D eigenvalue weighted by Gasteiger charge is 2.24. The first-order valence-electron chi connectivity index (χ1n) is 7.09. The van der Waals surface area contributed by atoms with Crippen molar-refractivity contribution in [3.05, 3.63) is 0 Å². The van der Waals surface area contributed by atoms with Crippen LogP contribution in [0.25, 0.3) is 0 Å². The molecule has 0 radical (unpaired) electrons. The van der Waals surface area contributed by atoms with Crippen LogP contribution in [0.15, 0.2) is 0 Å². The Morgan fingerprint density at radius 1 is 1.42 bits per heavy atom. The molecule has 0 aliphatic carbocycles. The lowest BCUT2D eigenvalue weighted by Gasteiger charge is -2.22. The van der Waals surface area contributed by atoms with Crippen LogP contribution >= 0.6 is 0 Å². The minimum absolute atomic E-state index is 0.338.